The van der Waals surface area contributed by atoms with Crippen molar-refractivity contribution in [1.29, 1.82) is 0 Å². The lowest BCUT2D eigenvalue weighted by Crippen LogP contribution is -2.14. The molecule has 0 amide bonds. The molecule has 4 nitrogen and oxygen atoms in total. The highest BCUT2D eigenvalue weighted by molar-refractivity contribution is 6.32. The number of carbonyl (C=O) groups is 1. The SMILES string of the molecule is CCc1ccc2oc(-c3ccc(Cl)cc3)c(OC(=O)/C=C/c3ccccc3Cl)c(=O)c2c1. The molecule has 3 aromatic carbocycles. The molecule has 4 rings (SSSR count). The van der Waals surface area contributed by atoms with E-state index in [2.05, 4.69) is 0 Å². The van der Waals surface area contributed by atoms with E-state index < -0.39 is 11.4 Å². The Hall–Kier alpha value is -3.34. The van der Waals surface area contributed by atoms with E-state index in [1.807, 2.05) is 13.0 Å². The number of aryl methyl sites for hydroxylation is 1. The normalized spacial score (nSPS) is 11.2. The van der Waals surface area contributed by atoms with Crippen molar-refractivity contribution in [2.24, 2.45) is 0 Å². The molecule has 0 saturated carbocycles. The molecule has 0 atom stereocenters. The number of carbonyl (C=O) groups excluding carboxylic acids is 1. The van der Waals surface area contributed by atoms with Gasteiger partial charge in [0.2, 0.25) is 11.2 Å². The molecule has 0 aliphatic rings. The minimum Gasteiger partial charge on any atom is -0.452 e. The zero-order valence-electron chi connectivity index (χ0n) is 17.1. The number of benzene rings is 3. The number of hydrogen-bond acceptors (Lipinski definition) is 4. The van der Waals surface area contributed by atoms with Gasteiger partial charge in [-0.1, -0.05) is 54.4 Å². The Morgan fingerprint density at radius 1 is 1.03 bits per heavy atom. The van der Waals surface area contributed by atoms with E-state index in [0.717, 1.165) is 12.0 Å². The molecule has 4 aromatic rings. The first kappa shape index (κ1) is 21.9. The van der Waals surface area contributed by atoms with Gasteiger partial charge in [0.15, 0.2) is 5.76 Å². The van der Waals surface area contributed by atoms with E-state index in [0.29, 0.717) is 32.1 Å². The monoisotopic (exact) mass is 464 g/mol. The highest BCUT2D eigenvalue weighted by atomic mass is 35.5. The van der Waals surface area contributed by atoms with Gasteiger partial charge in [0, 0.05) is 21.7 Å². The van der Waals surface area contributed by atoms with Crippen LogP contribution in [0.2, 0.25) is 10.0 Å². The largest absolute Gasteiger partial charge is 0.452 e. The Morgan fingerprint density at radius 2 is 1.78 bits per heavy atom. The predicted octanol–water partition coefficient (Wildman–Crippen LogP) is 6.95. The molecule has 6 heteroatoms. The second kappa shape index (κ2) is 9.43. The second-order valence-corrected chi connectivity index (χ2v) is 7.90. The van der Waals surface area contributed by atoms with Crippen LogP contribution in [0.15, 0.2) is 82.0 Å². The van der Waals surface area contributed by atoms with Gasteiger partial charge in [-0.2, -0.15) is 0 Å². The van der Waals surface area contributed by atoms with Crippen LogP contribution in [0.4, 0.5) is 0 Å². The van der Waals surface area contributed by atoms with Gasteiger partial charge in [-0.05, 0) is 66.1 Å². The van der Waals surface area contributed by atoms with Crippen LogP contribution in [0.1, 0.15) is 18.1 Å². The molecule has 1 aromatic heterocycles. The summed E-state index contributed by atoms with van der Waals surface area (Å²) in [4.78, 5) is 25.9. The van der Waals surface area contributed by atoms with Crippen LogP contribution in [-0.4, -0.2) is 5.97 Å². The summed E-state index contributed by atoms with van der Waals surface area (Å²) in [6, 6.07) is 19.2. The van der Waals surface area contributed by atoms with Crippen molar-refractivity contribution in [3.05, 3.63) is 104 Å². The molecule has 0 aliphatic carbocycles. The van der Waals surface area contributed by atoms with Crippen LogP contribution in [0.5, 0.6) is 5.75 Å². The average Bonchev–Trinajstić information content (AvgIpc) is 2.80. The fraction of sp³-hybridized carbons (Fsp3) is 0.0769. The molecule has 0 bridgehead atoms. The maximum absolute atomic E-state index is 13.3. The number of ether oxygens (including phenoxy) is 1. The van der Waals surface area contributed by atoms with Gasteiger partial charge in [-0.25, -0.2) is 4.79 Å². The first-order valence-electron chi connectivity index (χ1n) is 9.96. The quantitative estimate of drug-likeness (QED) is 0.237. The van der Waals surface area contributed by atoms with Crippen LogP contribution in [-0.2, 0) is 11.2 Å². The van der Waals surface area contributed by atoms with E-state index in [1.165, 1.54) is 12.2 Å². The van der Waals surface area contributed by atoms with E-state index >= 15 is 0 Å². The fourth-order valence-corrected chi connectivity index (χ4v) is 3.56. The van der Waals surface area contributed by atoms with Crippen molar-refractivity contribution in [2.45, 2.75) is 13.3 Å². The van der Waals surface area contributed by atoms with Gasteiger partial charge in [-0.3, -0.25) is 4.79 Å². The van der Waals surface area contributed by atoms with Crippen molar-refractivity contribution in [3.63, 3.8) is 0 Å². The number of rotatable bonds is 5. The van der Waals surface area contributed by atoms with E-state index in [4.69, 9.17) is 32.4 Å². The second-order valence-electron chi connectivity index (χ2n) is 7.06. The molecule has 0 aliphatic heterocycles. The number of fused-ring (bicyclic) bond motifs is 1. The van der Waals surface area contributed by atoms with Crippen molar-refractivity contribution >= 4 is 46.2 Å². The summed E-state index contributed by atoms with van der Waals surface area (Å²) in [5, 5.41) is 1.38. The maximum Gasteiger partial charge on any atom is 0.336 e. The summed E-state index contributed by atoms with van der Waals surface area (Å²) in [7, 11) is 0. The summed E-state index contributed by atoms with van der Waals surface area (Å²) < 4.78 is 11.5. The molecule has 160 valence electrons. The number of esters is 1. The minimum absolute atomic E-state index is 0.155. The fourth-order valence-electron chi connectivity index (χ4n) is 3.23. The van der Waals surface area contributed by atoms with Crippen LogP contribution in [0.25, 0.3) is 28.4 Å². The average molecular weight is 465 g/mol. The Morgan fingerprint density at radius 3 is 2.50 bits per heavy atom. The van der Waals surface area contributed by atoms with E-state index in [1.54, 1.807) is 60.7 Å². The summed E-state index contributed by atoms with van der Waals surface area (Å²) in [5.74, 6) is -0.747. The van der Waals surface area contributed by atoms with E-state index in [9.17, 15) is 9.59 Å². The maximum atomic E-state index is 13.3. The highest BCUT2D eigenvalue weighted by Gasteiger charge is 2.20. The third-order valence-corrected chi connectivity index (χ3v) is 5.53. The van der Waals surface area contributed by atoms with Crippen LogP contribution < -0.4 is 10.2 Å². The molecule has 0 N–H and O–H groups in total. The zero-order chi connectivity index (χ0) is 22.7. The van der Waals surface area contributed by atoms with Gasteiger partial charge in [0.25, 0.3) is 0 Å². The molecule has 1 heterocycles. The van der Waals surface area contributed by atoms with Gasteiger partial charge < -0.3 is 9.15 Å². The summed E-state index contributed by atoms with van der Waals surface area (Å²) in [6.07, 6.45) is 3.51. The molecular formula is C26H18Cl2O4. The predicted molar refractivity (Wildman–Crippen MR) is 128 cm³/mol. The Balaban J connectivity index is 1.80. The van der Waals surface area contributed by atoms with Crippen LogP contribution in [0.3, 0.4) is 0 Å². The molecule has 0 saturated heterocycles. The van der Waals surface area contributed by atoms with Gasteiger partial charge in [-0.15, -0.1) is 0 Å². The third kappa shape index (κ3) is 4.62. The van der Waals surface area contributed by atoms with Crippen molar-refractivity contribution in [1.82, 2.24) is 0 Å². The molecule has 0 radical (unpaired) electrons. The zero-order valence-corrected chi connectivity index (χ0v) is 18.6. The van der Waals surface area contributed by atoms with Gasteiger partial charge in [0.05, 0.1) is 5.39 Å². The highest BCUT2D eigenvalue weighted by Crippen LogP contribution is 2.32. The lowest BCUT2D eigenvalue weighted by molar-refractivity contribution is -0.129. The lowest BCUT2D eigenvalue weighted by Gasteiger charge is -2.10. The standard InChI is InChI=1S/C26H18Cl2O4/c1-2-16-7-13-22-20(15-16)24(30)26(25(31-22)18-8-11-19(27)12-9-18)32-23(29)14-10-17-5-3-4-6-21(17)28/h3-15H,2H2,1H3/b14-10+. The molecule has 32 heavy (non-hydrogen) atoms. The smallest absolute Gasteiger partial charge is 0.336 e. The molecule has 0 spiro atoms. The minimum atomic E-state index is -0.724. The Kier molecular flexibility index (Phi) is 6.45. The van der Waals surface area contributed by atoms with Crippen molar-refractivity contribution < 1.29 is 13.9 Å². The summed E-state index contributed by atoms with van der Waals surface area (Å²) >= 11 is 12.1. The first-order chi connectivity index (χ1) is 15.5. The summed E-state index contributed by atoms with van der Waals surface area (Å²) in [6.45, 7) is 1.99. The molecular weight excluding hydrogens is 447 g/mol. The molecule has 0 unspecified atom stereocenters. The Labute approximate surface area is 194 Å². The van der Waals surface area contributed by atoms with Crippen molar-refractivity contribution in [2.75, 3.05) is 0 Å². The lowest BCUT2D eigenvalue weighted by atomic mass is 10.1. The van der Waals surface area contributed by atoms with Crippen LogP contribution in [0, 0.1) is 0 Å². The van der Waals surface area contributed by atoms with Gasteiger partial charge in [0.1, 0.15) is 5.58 Å². The van der Waals surface area contributed by atoms with Gasteiger partial charge >= 0.3 is 5.97 Å². The number of halogens is 2. The summed E-state index contributed by atoms with van der Waals surface area (Å²) in [5.41, 5.74) is 2.17. The first-order valence-corrected chi connectivity index (χ1v) is 10.7. The van der Waals surface area contributed by atoms with Crippen molar-refractivity contribution in [3.8, 4) is 17.1 Å². The van der Waals surface area contributed by atoms with E-state index in [-0.39, 0.29) is 11.5 Å². The Bertz CT molecular complexity index is 1390. The number of hydrogen-bond donors (Lipinski definition) is 0. The molecule has 0 fully saturated rings. The third-order valence-electron chi connectivity index (χ3n) is 4.93. The van der Waals surface area contributed by atoms with Crippen LogP contribution >= 0.6 is 23.2 Å². The topological polar surface area (TPSA) is 56.5 Å².